The van der Waals surface area contributed by atoms with Crippen LogP contribution in [0.25, 0.3) is 28.5 Å². The maximum atomic E-state index is 16.0. The molecule has 2 aliphatic heterocycles. The first-order valence-corrected chi connectivity index (χ1v) is 15.1. The molecule has 1 amide bonds. The smallest absolute Gasteiger partial charge is 0.355 e. The van der Waals surface area contributed by atoms with Crippen LogP contribution in [0.1, 0.15) is 20.8 Å². The standard InChI is InChI=1S/C33H38F2N6O5/c1-6-27(43)39-12-13-40(20(4)16-39)32-22-14-24(35)29-28-23(34)8-7-9-26(28)46-18-25(42)30(45-5)21(10-11-36-15-19(2)3)17-41(31(22)37-29)33(44)38-32/h6-11,14,17,19-20,25,30,36,42H,1,12-13,15-16,18H2,2-5H3/b11-10-,21-17-/t20-,25?,30?/m0/s1. The van der Waals surface area contributed by atoms with Crippen LogP contribution >= 0.6 is 0 Å². The van der Waals surface area contributed by atoms with Gasteiger partial charge in [-0.3, -0.25) is 9.36 Å². The van der Waals surface area contributed by atoms with Crippen LogP contribution in [0.3, 0.4) is 0 Å². The van der Waals surface area contributed by atoms with Crippen molar-refractivity contribution in [2.24, 2.45) is 5.92 Å². The van der Waals surface area contributed by atoms with E-state index in [1.54, 1.807) is 17.2 Å². The fourth-order valence-electron chi connectivity index (χ4n) is 5.69. The van der Waals surface area contributed by atoms with Gasteiger partial charge in [0, 0.05) is 51.1 Å². The summed E-state index contributed by atoms with van der Waals surface area (Å²) < 4.78 is 44.1. The number of rotatable bonds is 7. The predicted octanol–water partition coefficient (Wildman–Crippen LogP) is 3.33. The average molecular weight is 637 g/mol. The normalized spacial score (nSPS) is 21.4. The first-order valence-electron chi connectivity index (χ1n) is 15.1. The van der Waals surface area contributed by atoms with Crippen molar-refractivity contribution in [2.75, 3.05) is 44.8 Å². The number of pyridine rings is 1. The summed E-state index contributed by atoms with van der Waals surface area (Å²) in [5, 5.41) is 14.6. The molecule has 2 aliphatic rings. The number of carbonyl (C=O) groups excluding carboxylic acids is 1. The molecule has 0 radical (unpaired) electrons. The molecule has 244 valence electrons. The molecule has 5 rings (SSSR count). The van der Waals surface area contributed by atoms with Crippen LogP contribution in [0.5, 0.6) is 5.75 Å². The van der Waals surface area contributed by atoms with E-state index in [1.807, 2.05) is 11.8 Å². The summed E-state index contributed by atoms with van der Waals surface area (Å²) in [6, 6.07) is 4.90. The highest BCUT2D eigenvalue weighted by Gasteiger charge is 2.31. The van der Waals surface area contributed by atoms with Crippen molar-refractivity contribution in [3.05, 3.63) is 76.9 Å². The number of aliphatic hydroxyl groups is 1. The number of hydrogen-bond donors (Lipinski definition) is 2. The van der Waals surface area contributed by atoms with E-state index in [1.165, 1.54) is 37.6 Å². The number of benzene rings is 1. The Hall–Kier alpha value is -4.62. The van der Waals surface area contributed by atoms with Gasteiger partial charge in [-0.2, -0.15) is 4.98 Å². The van der Waals surface area contributed by atoms with E-state index in [9.17, 15) is 14.7 Å². The van der Waals surface area contributed by atoms with Gasteiger partial charge in [-0.25, -0.2) is 18.6 Å². The summed E-state index contributed by atoms with van der Waals surface area (Å²) in [5.41, 5.74) is -0.999. The van der Waals surface area contributed by atoms with Crippen LogP contribution in [0.4, 0.5) is 14.6 Å². The number of amides is 1. The minimum absolute atomic E-state index is 0.00311. The molecule has 11 nitrogen and oxygen atoms in total. The number of fused-ring (bicyclic) bond motifs is 3. The lowest BCUT2D eigenvalue weighted by molar-refractivity contribution is -0.126. The molecular formula is C33H38F2N6O5. The monoisotopic (exact) mass is 636 g/mol. The largest absolute Gasteiger partial charge is 0.490 e. The van der Waals surface area contributed by atoms with Gasteiger partial charge in [-0.1, -0.05) is 26.5 Å². The number of ether oxygens (including phenoxy) is 2. The molecule has 1 fully saturated rings. The SMILES string of the molecule is C=CC(=O)N1CCN(c2nc(=O)n3c4nc(c(F)cc24)-c2c(F)cccc2OCC(O)C(OC)C(/C=C\NCC(C)C)=C\3)[C@@H](C)C1. The van der Waals surface area contributed by atoms with E-state index < -0.39 is 29.5 Å². The molecule has 0 aliphatic carbocycles. The lowest BCUT2D eigenvalue weighted by Crippen LogP contribution is -2.54. The Labute approximate surface area is 265 Å². The first-order chi connectivity index (χ1) is 22.0. The van der Waals surface area contributed by atoms with Crippen LogP contribution in [-0.2, 0) is 9.53 Å². The van der Waals surface area contributed by atoms with Gasteiger partial charge in [0.2, 0.25) is 5.91 Å². The lowest BCUT2D eigenvalue weighted by Gasteiger charge is -2.40. The van der Waals surface area contributed by atoms with E-state index in [-0.39, 0.29) is 52.4 Å². The topological polar surface area (TPSA) is 122 Å². The highest BCUT2D eigenvalue weighted by molar-refractivity contribution is 5.91. The molecule has 2 N–H and O–H groups in total. The molecule has 0 saturated carbocycles. The van der Waals surface area contributed by atoms with Crippen molar-refractivity contribution in [1.82, 2.24) is 24.8 Å². The Morgan fingerprint density at radius 2 is 2.04 bits per heavy atom. The van der Waals surface area contributed by atoms with Crippen molar-refractivity contribution < 1.29 is 28.2 Å². The Balaban J connectivity index is 1.77. The van der Waals surface area contributed by atoms with Gasteiger partial charge in [0.1, 0.15) is 41.9 Å². The second-order valence-electron chi connectivity index (χ2n) is 11.7. The van der Waals surface area contributed by atoms with Crippen molar-refractivity contribution >= 4 is 29.0 Å². The molecule has 3 atom stereocenters. The van der Waals surface area contributed by atoms with Crippen molar-refractivity contribution in [3.8, 4) is 17.0 Å². The summed E-state index contributed by atoms with van der Waals surface area (Å²) >= 11 is 0. The van der Waals surface area contributed by atoms with Gasteiger partial charge in [0.25, 0.3) is 0 Å². The number of methoxy groups -OCH3 is 1. The minimum atomic E-state index is -1.27. The van der Waals surface area contributed by atoms with Gasteiger partial charge < -0.3 is 29.7 Å². The molecule has 2 bridgehead atoms. The van der Waals surface area contributed by atoms with E-state index >= 15 is 8.78 Å². The van der Waals surface area contributed by atoms with Gasteiger partial charge in [-0.15, -0.1) is 0 Å². The third kappa shape index (κ3) is 6.51. The molecule has 2 aromatic heterocycles. The van der Waals surface area contributed by atoms with Gasteiger partial charge >= 0.3 is 5.69 Å². The number of aliphatic hydroxyl groups excluding tert-OH is 1. The summed E-state index contributed by atoms with van der Waals surface area (Å²) in [5.74, 6) is -1.39. The van der Waals surface area contributed by atoms with Crippen LogP contribution in [0.2, 0.25) is 0 Å². The molecule has 13 heteroatoms. The highest BCUT2D eigenvalue weighted by Crippen LogP contribution is 2.37. The fraction of sp³-hybridized carbons (Fsp3) is 0.394. The highest BCUT2D eigenvalue weighted by atomic mass is 19.1. The summed E-state index contributed by atoms with van der Waals surface area (Å²) in [6.07, 6.45) is 3.75. The molecule has 3 aromatic rings. The molecule has 2 unspecified atom stereocenters. The van der Waals surface area contributed by atoms with E-state index in [2.05, 4.69) is 35.7 Å². The van der Waals surface area contributed by atoms with E-state index in [0.29, 0.717) is 37.7 Å². The number of aromatic nitrogens is 3. The molecule has 1 aromatic carbocycles. The van der Waals surface area contributed by atoms with Crippen LogP contribution in [0.15, 0.2) is 59.6 Å². The van der Waals surface area contributed by atoms with Crippen molar-refractivity contribution in [2.45, 2.75) is 39.0 Å². The second-order valence-corrected chi connectivity index (χ2v) is 11.7. The zero-order chi connectivity index (χ0) is 33.1. The summed E-state index contributed by atoms with van der Waals surface area (Å²) in [4.78, 5) is 38.5. The zero-order valence-electron chi connectivity index (χ0n) is 26.2. The summed E-state index contributed by atoms with van der Waals surface area (Å²) in [6.45, 7) is 10.8. The third-order valence-corrected chi connectivity index (χ3v) is 7.97. The maximum Gasteiger partial charge on any atom is 0.355 e. The number of halogens is 2. The molecule has 0 spiro atoms. The van der Waals surface area contributed by atoms with Crippen LogP contribution < -0.4 is 20.6 Å². The number of nitrogens with zero attached hydrogens (tertiary/aromatic N) is 5. The number of nitrogens with one attached hydrogen (secondary N) is 1. The predicted molar refractivity (Wildman–Crippen MR) is 171 cm³/mol. The van der Waals surface area contributed by atoms with Crippen molar-refractivity contribution in [3.63, 3.8) is 0 Å². The average Bonchev–Trinajstić information content (AvgIpc) is 3.02. The second kappa shape index (κ2) is 13.8. The molecular weight excluding hydrogens is 598 g/mol. The molecule has 1 saturated heterocycles. The van der Waals surface area contributed by atoms with E-state index in [4.69, 9.17) is 9.47 Å². The Bertz CT molecular complexity index is 1760. The van der Waals surface area contributed by atoms with Crippen molar-refractivity contribution in [1.29, 1.82) is 0 Å². The molecule has 46 heavy (non-hydrogen) atoms. The van der Waals surface area contributed by atoms with Gasteiger partial charge in [0.15, 0.2) is 11.5 Å². The summed E-state index contributed by atoms with van der Waals surface area (Å²) in [7, 11) is 1.41. The zero-order valence-corrected chi connectivity index (χ0v) is 26.2. The third-order valence-electron chi connectivity index (χ3n) is 7.97. The fourth-order valence-corrected chi connectivity index (χ4v) is 5.69. The van der Waals surface area contributed by atoms with Crippen LogP contribution in [0, 0.1) is 17.6 Å². The number of hydrogen-bond acceptors (Lipinski definition) is 9. The van der Waals surface area contributed by atoms with E-state index in [0.717, 1.165) is 10.6 Å². The quantitative estimate of drug-likeness (QED) is 0.376. The Morgan fingerprint density at radius 3 is 2.74 bits per heavy atom. The van der Waals surface area contributed by atoms with Crippen LogP contribution in [-0.4, -0.2) is 88.6 Å². The van der Waals surface area contributed by atoms with Gasteiger partial charge in [0.05, 0.1) is 10.9 Å². The maximum absolute atomic E-state index is 16.0. The first kappa shape index (κ1) is 32.8. The molecule has 4 heterocycles. The Kier molecular flexibility index (Phi) is 9.82. The number of piperazine rings is 1. The van der Waals surface area contributed by atoms with Gasteiger partial charge in [-0.05, 0) is 49.4 Å². The lowest BCUT2D eigenvalue weighted by atomic mass is 10.0. The number of carbonyl (C=O) groups is 1. The number of anilines is 1. The minimum Gasteiger partial charge on any atom is -0.490 e. The Morgan fingerprint density at radius 1 is 1.26 bits per heavy atom.